The summed E-state index contributed by atoms with van der Waals surface area (Å²) < 4.78 is 4.82. The molecule has 2 rings (SSSR count). The maximum absolute atomic E-state index is 9.57. The summed E-state index contributed by atoms with van der Waals surface area (Å²) in [6.45, 7) is 1.82. The zero-order valence-electron chi connectivity index (χ0n) is 5.79. The van der Waals surface area contributed by atoms with E-state index in [1.807, 2.05) is 6.92 Å². The van der Waals surface area contributed by atoms with Crippen LogP contribution in [0.5, 0.6) is 0 Å². The van der Waals surface area contributed by atoms with E-state index >= 15 is 0 Å². The second-order valence-electron chi connectivity index (χ2n) is 2.83. The standard InChI is InChI=1S/C7H9NO2/c1-5-6(4-8-10-5)7(9)2-3-7/h4,9H,2-3H2,1H3. The molecule has 54 valence electrons. The summed E-state index contributed by atoms with van der Waals surface area (Å²) in [5.74, 6) is 0.736. The summed E-state index contributed by atoms with van der Waals surface area (Å²) in [6.07, 6.45) is 3.28. The molecule has 0 spiro atoms. The molecule has 0 aromatic carbocycles. The van der Waals surface area contributed by atoms with Crippen LogP contribution in [0.3, 0.4) is 0 Å². The molecule has 0 atom stereocenters. The molecular formula is C7H9NO2. The van der Waals surface area contributed by atoms with Crippen LogP contribution in [0.15, 0.2) is 10.7 Å². The lowest BCUT2D eigenvalue weighted by Gasteiger charge is -2.01. The molecule has 1 aliphatic carbocycles. The van der Waals surface area contributed by atoms with Gasteiger partial charge in [-0.1, -0.05) is 5.16 Å². The largest absolute Gasteiger partial charge is 0.385 e. The Morgan fingerprint density at radius 1 is 1.70 bits per heavy atom. The molecule has 0 bridgehead atoms. The monoisotopic (exact) mass is 139 g/mol. The summed E-state index contributed by atoms with van der Waals surface area (Å²) >= 11 is 0. The van der Waals surface area contributed by atoms with Gasteiger partial charge < -0.3 is 9.63 Å². The lowest BCUT2D eigenvalue weighted by molar-refractivity contribution is 0.149. The number of hydrogen-bond donors (Lipinski definition) is 1. The van der Waals surface area contributed by atoms with Crippen molar-refractivity contribution in [2.45, 2.75) is 25.4 Å². The Morgan fingerprint density at radius 2 is 2.40 bits per heavy atom. The molecule has 1 aromatic rings. The second kappa shape index (κ2) is 1.61. The van der Waals surface area contributed by atoms with Gasteiger partial charge in [-0.25, -0.2) is 0 Å². The highest BCUT2D eigenvalue weighted by Crippen LogP contribution is 2.46. The van der Waals surface area contributed by atoms with Gasteiger partial charge in [0.2, 0.25) is 0 Å². The van der Waals surface area contributed by atoms with Gasteiger partial charge in [0.25, 0.3) is 0 Å². The molecule has 0 amide bonds. The molecule has 3 nitrogen and oxygen atoms in total. The highest BCUT2D eigenvalue weighted by molar-refractivity contribution is 5.26. The number of aromatic nitrogens is 1. The molecule has 1 N–H and O–H groups in total. The van der Waals surface area contributed by atoms with Crippen LogP contribution in [-0.4, -0.2) is 10.3 Å². The van der Waals surface area contributed by atoms with Crippen molar-refractivity contribution in [3.8, 4) is 0 Å². The summed E-state index contributed by atoms with van der Waals surface area (Å²) in [7, 11) is 0. The van der Waals surface area contributed by atoms with Gasteiger partial charge in [-0.2, -0.15) is 0 Å². The van der Waals surface area contributed by atoms with E-state index in [2.05, 4.69) is 5.16 Å². The van der Waals surface area contributed by atoms with E-state index in [4.69, 9.17) is 4.52 Å². The Kier molecular flexibility index (Phi) is 0.951. The fourth-order valence-electron chi connectivity index (χ4n) is 1.13. The van der Waals surface area contributed by atoms with Gasteiger partial charge in [0, 0.05) is 5.56 Å². The highest BCUT2D eigenvalue weighted by atomic mass is 16.5. The van der Waals surface area contributed by atoms with Crippen LogP contribution < -0.4 is 0 Å². The molecule has 1 aliphatic rings. The fraction of sp³-hybridized carbons (Fsp3) is 0.571. The van der Waals surface area contributed by atoms with Crippen molar-refractivity contribution >= 4 is 0 Å². The summed E-state index contributed by atoms with van der Waals surface area (Å²) in [6, 6.07) is 0. The van der Waals surface area contributed by atoms with Gasteiger partial charge in [0.15, 0.2) is 0 Å². The van der Waals surface area contributed by atoms with Crippen LogP contribution in [0.1, 0.15) is 24.2 Å². The molecule has 3 heteroatoms. The molecule has 1 saturated carbocycles. The van der Waals surface area contributed by atoms with E-state index in [1.165, 1.54) is 0 Å². The Balaban J connectivity index is 2.42. The first-order chi connectivity index (χ1) is 4.72. The Hall–Kier alpha value is -0.830. The van der Waals surface area contributed by atoms with Crippen LogP contribution in [-0.2, 0) is 5.60 Å². The fourth-order valence-corrected chi connectivity index (χ4v) is 1.13. The van der Waals surface area contributed by atoms with Gasteiger partial charge in [0.05, 0.1) is 11.8 Å². The zero-order valence-corrected chi connectivity index (χ0v) is 5.79. The predicted octanol–water partition coefficient (Wildman–Crippen LogP) is 0.964. The number of aliphatic hydroxyl groups is 1. The summed E-state index contributed by atoms with van der Waals surface area (Å²) in [4.78, 5) is 0. The van der Waals surface area contributed by atoms with Gasteiger partial charge in [-0.3, -0.25) is 0 Å². The Labute approximate surface area is 58.6 Å². The first-order valence-corrected chi connectivity index (χ1v) is 3.36. The average Bonchev–Trinajstić information content (AvgIpc) is 2.44. The molecule has 0 aliphatic heterocycles. The molecule has 0 unspecified atom stereocenters. The van der Waals surface area contributed by atoms with Crippen molar-refractivity contribution in [1.82, 2.24) is 5.16 Å². The van der Waals surface area contributed by atoms with E-state index in [9.17, 15) is 5.11 Å². The normalized spacial score (nSPS) is 21.0. The Bertz CT molecular complexity index is 250. The van der Waals surface area contributed by atoms with E-state index in [0.29, 0.717) is 0 Å². The van der Waals surface area contributed by atoms with Gasteiger partial charge in [0.1, 0.15) is 5.76 Å². The van der Waals surface area contributed by atoms with E-state index in [1.54, 1.807) is 6.20 Å². The van der Waals surface area contributed by atoms with Crippen LogP contribution in [0, 0.1) is 6.92 Å². The lowest BCUT2D eigenvalue weighted by Crippen LogP contribution is -2.03. The van der Waals surface area contributed by atoms with Crippen molar-refractivity contribution in [3.05, 3.63) is 17.5 Å². The second-order valence-corrected chi connectivity index (χ2v) is 2.83. The molecule has 10 heavy (non-hydrogen) atoms. The first-order valence-electron chi connectivity index (χ1n) is 3.36. The summed E-state index contributed by atoms with van der Waals surface area (Å²) in [5, 5.41) is 13.2. The molecule has 1 heterocycles. The van der Waals surface area contributed by atoms with Crippen molar-refractivity contribution in [1.29, 1.82) is 0 Å². The van der Waals surface area contributed by atoms with Crippen molar-refractivity contribution in [3.63, 3.8) is 0 Å². The predicted molar refractivity (Wildman–Crippen MR) is 34.4 cm³/mol. The van der Waals surface area contributed by atoms with Crippen molar-refractivity contribution < 1.29 is 9.63 Å². The highest BCUT2D eigenvalue weighted by Gasteiger charge is 2.44. The van der Waals surface area contributed by atoms with Crippen LogP contribution >= 0.6 is 0 Å². The lowest BCUT2D eigenvalue weighted by atomic mass is 10.1. The number of aryl methyl sites for hydroxylation is 1. The van der Waals surface area contributed by atoms with Crippen LogP contribution in [0.25, 0.3) is 0 Å². The SMILES string of the molecule is Cc1oncc1C1(O)CC1. The first kappa shape index (κ1) is 5.92. The molecule has 0 saturated heterocycles. The van der Waals surface area contributed by atoms with Gasteiger partial charge in [-0.15, -0.1) is 0 Å². The van der Waals surface area contributed by atoms with Gasteiger partial charge in [-0.05, 0) is 19.8 Å². The summed E-state index contributed by atoms with van der Waals surface area (Å²) in [5.41, 5.74) is 0.261. The van der Waals surface area contributed by atoms with Crippen molar-refractivity contribution in [2.75, 3.05) is 0 Å². The Morgan fingerprint density at radius 3 is 2.80 bits per heavy atom. The third-order valence-corrected chi connectivity index (χ3v) is 1.98. The maximum atomic E-state index is 9.57. The van der Waals surface area contributed by atoms with Crippen molar-refractivity contribution in [2.24, 2.45) is 0 Å². The van der Waals surface area contributed by atoms with Crippen LogP contribution in [0.2, 0.25) is 0 Å². The zero-order chi connectivity index (χ0) is 7.19. The average molecular weight is 139 g/mol. The minimum Gasteiger partial charge on any atom is -0.385 e. The molecule has 0 radical (unpaired) electrons. The topological polar surface area (TPSA) is 46.3 Å². The number of hydrogen-bond acceptors (Lipinski definition) is 3. The van der Waals surface area contributed by atoms with E-state index < -0.39 is 5.60 Å². The number of nitrogens with zero attached hydrogens (tertiary/aromatic N) is 1. The van der Waals surface area contributed by atoms with Gasteiger partial charge >= 0.3 is 0 Å². The minimum absolute atomic E-state index is 0.593. The maximum Gasteiger partial charge on any atom is 0.139 e. The van der Waals surface area contributed by atoms with E-state index in [-0.39, 0.29) is 0 Å². The third kappa shape index (κ3) is 0.671. The minimum atomic E-state index is -0.593. The van der Waals surface area contributed by atoms with E-state index in [0.717, 1.165) is 24.2 Å². The van der Waals surface area contributed by atoms with Crippen LogP contribution in [0.4, 0.5) is 0 Å². The quantitative estimate of drug-likeness (QED) is 0.630. The molecule has 1 fully saturated rings. The smallest absolute Gasteiger partial charge is 0.139 e. The number of rotatable bonds is 1. The molecule has 1 aromatic heterocycles. The molecular weight excluding hydrogens is 130 g/mol. The third-order valence-electron chi connectivity index (χ3n) is 1.98.